The highest BCUT2D eigenvalue weighted by molar-refractivity contribution is 5.94. The van der Waals surface area contributed by atoms with Gasteiger partial charge in [0, 0.05) is 12.6 Å². The quantitative estimate of drug-likeness (QED) is 0.811. The maximum Gasteiger partial charge on any atom is 0.338 e. The van der Waals surface area contributed by atoms with Crippen molar-refractivity contribution in [1.82, 2.24) is 9.88 Å². The molecule has 1 saturated heterocycles. The van der Waals surface area contributed by atoms with Crippen molar-refractivity contribution in [2.24, 2.45) is 0 Å². The summed E-state index contributed by atoms with van der Waals surface area (Å²) in [5, 5.41) is 0. The number of amides is 1. The molecule has 6 heteroatoms. The number of esters is 1. The SMILES string of the molecule is CCC1CCCCN1C(=O)COC(=O)c1ccc2ocnc2c1. The summed E-state index contributed by atoms with van der Waals surface area (Å²) in [6.45, 7) is 2.61. The smallest absolute Gasteiger partial charge is 0.338 e. The number of hydrogen-bond acceptors (Lipinski definition) is 5. The molecule has 122 valence electrons. The van der Waals surface area contributed by atoms with Crippen LogP contribution in [0.1, 0.15) is 43.0 Å². The van der Waals surface area contributed by atoms with Crippen LogP contribution in [-0.2, 0) is 9.53 Å². The first-order valence-corrected chi connectivity index (χ1v) is 7.99. The second kappa shape index (κ2) is 6.81. The van der Waals surface area contributed by atoms with Crippen LogP contribution in [0.15, 0.2) is 29.0 Å². The van der Waals surface area contributed by atoms with Gasteiger partial charge in [0.05, 0.1) is 5.56 Å². The van der Waals surface area contributed by atoms with Crippen molar-refractivity contribution in [2.75, 3.05) is 13.2 Å². The van der Waals surface area contributed by atoms with Crippen molar-refractivity contribution >= 4 is 23.0 Å². The number of ether oxygens (including phenoxy) is 1. The summed E-state index contributed by atoms with van der Waals surface area (Å²) in [6.07, 6.45) is 5.45. The Bertz CT molecular complexity index is 709. The standard InChI is InChI=1S/C17H20N2O4/c1-2-13-5-3-4-8-19(13)16(20)10-22-17(21)12-6-7-15-14(9-12)18-11-23-15/h6-7,9,11,13H,2-5,8,10H2,1H3. The van der Waals surface area contributed by atoms with Gasteiger partial charge in [0.15, 0.2) is 18.6 Å². The lowest BCUT2D eigenvalue weighted by atomic mass is 10.00. The third kappa shape index (κ3) is 3.36. The van der Waals surface area contributed by atoms with Gasteiger partial charge >= 0.3 is 5.97 Å². The fraction of sp³-hybridized carbons (Fsp3) is 0.471. The van der Waals surface area contributed by atoms with Gasteiger partial charge in [0.1, 0.15) is 5.52 Å². The first-order valence-electron chi connectivity index (χ1n) is 7.99. The summed E-state index contributed by atoms with van der Waals surface area (Å²) < 4.78 is 10.3. The van der Waals surface area contributed by atoms with Gasteiger partial charge in [-0.25, -0.2) is 9.78 Å². The van der Waals surface area contributed by atoms with E-state index in [4.69, 9.17) is 9.15 Å². The molecule has 0 N–H and O–H groups in total. The number of aromatic nitrogens is 1. The van der Waals surface area contributed by atoms with E-state index >= 15 is 0 Å². The number of carbonyl (C=O) groups is 2. The molecule has 1 fully saturated rings. The number of rotatable bonds is 4. The number of carbonyl (C=O) groups excluding carboxylic acids is 2. The molecule has 0 radical (unpaired) electrons. The minimum atomic E-state index is -0.520. The Kier molecular flexibility index (Phi) is 4.60. The summed E-state index contributed by atoms with van der Waals surface area (Å²) >= 11 is 0. The number of hydrogen-bond donors (Lipinski definition) is 0. The highest BCUT2D eigenvalue weighted by Crippen LogP contribution is 2.20. The van der Waals surface area contributed by atoms with E-state index in [9.17, 15) is 9.59 Å². The number of likely N-dealkylation sites (tertiary alicyclic amines) is 1. The molecule has 1 amide bonds. The van der Waals surface area contributed by atoms with Crippen molar-refractivity contribution in [3.05, 3.63) is 30.2 Å². The predicted octanol–water partition coefficient (Wildman–Crippen LogP) is 2.78. The molecule has 2 heterocycles. The molecule has 1 aliphatic heterocycles. The number of nitrogens with zero attached hydrogens (tertiary/aromatic N) is 2. The third-order valence-corrected chi connectivity index (χ3v) is 4.31. The van der Waals surface area contributed by atoms with Crippen molar-refractivity contribution in [1.29, 1.82) is 0 Å². The summed E-state index contributed by atoms with van der Waals surface area (Å²) in [5.74, 6) is -0.638. The van der Waals surface area contributed by atoms with E-state index in [2.05, 4.69) is 11.9 Å². The molecule has 0 spiro atoms. The number of oxazole rings is 1. The Morgan fingerprint density at radius 3 is 3.09 bits per heavy atom. The van der Waals surface area contributed by atoms with Gasteiger partial charge in [-0.15, -0.1) is 0 Å². The Labute approximate surface area is 134 Å². The second-order valence-corrected chi connectivity index (χ2v) is 5.76. The molecule has 1 aromatic heterocycles. The Balaban J connectivity index is 1.60. The fourth-order valence-electron chi connectivity index (χ4n) is 3.03. The fourth-order valence-corrected chi connectivity index (χ4v) is 3.03. The van der Waals surface area contributed by atoms with E-state index in [-0.39, 0.29) is 18.6 Å². The molecule has 0 aliphatic carbocycles. The molecule has 23 heavy (non-hydrogen) atoms. The first kappa shape index (κ1) is 15.5. The van der Waals surface area contributed by atoms with E-state index in [1.54, 1.807) is 18.2 Å². The van der Waals surface area contributed by atoms with Gasteiger partial charge in [-0.1, -0.05) is 6.92 Å². The van der Waals surface area contributed by atoms with Gasteiger partial charge in [-0.05, 0) is 43.9 Å². The van der Waals surface area contributed by atoms with Crippen LogP contribution in [0.25, 0.3) is 11.1 Å². The highest BCUT2D eigenvalue weighted by Gasteiger charge is 2.26. The lowest BCUT2D eigenvalue weighted by molar-refractivity contribution is -0.138. The molecule has 0 bridgehead atoms. The topological polar surface area (TPSA) is 72.6 Å². The molecular formula is C17H20N2O4. The second-order valence-electron chi connectivity index (χ2n) is 5.76. The zero-order valence-corrected chi connectivity index (χ0v) is 13.2. The molecule has 6 nitrogen and oxygen atoms in total. The van der Waals surface area contributed by atoms with E-state index < -0.39 is 5.97 Å². The van der Waals surface area contributed by atoms with Crippen LogP contribution < -0.4 is 0 Å². The minimum absolute atomic E-state index is 0.118. The van der Waals surface area contributed by atoms with Crippen LogP contribution in [0, 0.1) is 0 Å². The zero-order chi connectivity index (χ0) is 16.2. The maximum atomic E-state index is 12.3. The van der Waals surface area contributed by atoms with Crippen LogP contribution in [0.2, 0.25) is 0 Å². The summed E-state index contributed by atoms with van der Waals surface area (Å²) in [6, 6.07) is 5.14. The maximum absolute atomic E-state index is 12.3. The van der Waals surface area contributed by atoms with Crippen LogP contribution in [0.4, 0.5) is 0 Å². The Morgan fingerprint density at radius 2 is 2.26 bits per heavy atom. The van der Waals surface area contributed by atoms with Crippen LogP contribution >= 0.6 is 0 Å². The van der Waals surface area contributed by atoms with E-state index in [0.717, 1.165) is 32.2 Å². The molecular weight excluding hydrogens is 296 g/mol. The molecule has 0 saturated carbocycles. The molecule has 2 aromatic rings. The predicted molar refractivity (Wildman–Crippen MR) is 83.9 cm³/mol. The summed E-state index contributed by atoms with van der Waals surface area (Å²) in [7, 11) is 0. The van der Waals surface area contributed by atoms with Crippen molar-refractivity contribution in [3.63, 3.8) is 0 Å². The van der Waals surface area contributed by atoms with Crippen molar-refractivity contribution in [3.8, 4) is 0 Å². The first-order chi connectivity index (χ1) is 11.2. The molecule has 1 aliphatic rings. The third-order valence-electron chi connectivity index (χ3n) is 4.31. The number of fused-ring (bicyclic) bond motifs is 1. The Hall–Kier alpha value is -2.37. The van der Waals surface area contributed by atoms with Gasteiger partial charge in [-0.2, -0.15) is 0 Å². The number of piperidine rings is 1. The molecule has 1 aromatic carbocycles. The zero-order valence-electron chi connectivity index (χ0n) is 13.2. The van der Waals surface area contributed by atoms with Gasteiger partial charge < -0.3 is 14.1 Å². The average molecular weight is 316 g/mol. The molecule has 1 unspecified atom stereocenters. The van der Waals surface area contributed by atoms with Gasteiger partial charge in [0.25, 0.3) is 5.91 Å². The lowest BCUT2D eigenvalue weighted by Gasteiger charge is -2.35. The summed E-state index contributed by atoms with van der Waals surface area (Å²) in [5.41, 5.74) is 1.56. The average Bonchev–Trinajstić information content (AvgIpc) is 3.06. The lowest BCUT2D eigenvalue weighted by Crippen LogP contribution is -2.45. The summed E-state index contributed by atoms with van der Waals surface area (Å²) in [4.78, 5) is 30.2. The van der Waals surface area contributed by atoms with Crippen LogP contribution in [0.3, 0.4) is 0 Å². The van der Waals surface area contributed by atoms with Gasteiger partial charge in [0.2, 0.25) is 0 Å². The molecule has 1 atom stereocenters. The minimum Gasteiger partial charge on any atom is -0.452 e. The van der Waals surface area contributed by atoms with Gasteiger partial charge in [-0.3, -0.25) is 4.79 Å². The van der Waals surface area contributed by atoms with E-state index in [1.807, 2.05) is 4.90 Å². The monoisotopic (exact) mass is 316 g/mol. The van der Waals surface area contributed by atoms with Crippen LogP contribution in [-0.4, -0.2) is 41.0 Å². The molecule has 3 rings (SSSR count). The Morgan fingerprint density at radius 1 is 1.39 bits per heavy atom. The van der Waals surface area contributed by atoms with Crippen molar-refractivity contribution in [2.45, 2.75) is 38.6 Å². The van der Waals surface area contributed by atoms with E-state index in [0.29, 0.717) is 16.7 Å². The largest absolute Gasteiger partial charge is 0.452 e. The van der Waals surface area contributed by atoms with Crippen LogP contribution in [0.5, 0.6) is 0 Å². The van der Waals surface area contributed by atoms with E-state index in [1.165, 1.54) is 6.39 Å². The highest BCUT2D eigenvalue weighted by atomic mass is 16.5. The van der Waals surface area contributed by atoms with Crippen molar-refractivity contribution < 1.29 is 18.7 Å². The normalized spacial score (nSPS) is 18.1. The number of benzene rings is 1.